The van der Waals surface area contributed by atoms with E-state index in [1.165, 1.54) is 0 Å². The maximum atomic E-state index is 11.6. The number of aromatic nitrogens is 1. The molecule has 1 heterocycles. The molecule has 4 heteroatoms. The van der Waals surface area contributed by atoms with Gasteiger partial charge in [0, 0.05) is 5.56 Å². The van der Waals surface area contributed by atoms with E-state index in [1.54, 1.807) is 13.0 Å². The molecule has 0 aliphatic rings. The lowest BCUT2D eigenvalue weighted by molar-refractivity contribution is 0.0520. The maximum Gasteiger partial charge on any atom is 0.354 e. The van der Waals surface area contributed by atoms with Gasteiger partial charge in [-0.15, -0.1) is 0 Å². The quantitative estimate of drug-likeness (QED) is 0.878. The highest BCUT2D eigenvalue weighted by atomic mass is 79.9. The van der Waals surface area contributed by atoms with Crippen molar-refractivity contribution in [2.45, 2.75) is 6.92 Å². The van der Waals surface area contributed by atoms with Crippen LogP contribution in [0.2, 0.25) is 0 Å². The summed E-state index contributed by atoms with van der Waals surface area (Å²) >= 11 is 3.41. The van der Waals surface area contributed by atoms with Crippen LogP contribution in [0.15, 0.2) is 41.0 Å². The summed E-state index contributed by atoms with van der Waals surface area (Å²) in [5, 5.41) is 0. The summed E-state index contributed by atoms with van der Waals surface area (Å²) in [6, 6.07) is 11.6. The topological polar surface area (TPSA) is 42.1 Å². The number of esters is 1. The number of carbonyl (C=O) groups is 1. The Hall–Kier alpha value is -1.55. The number of aromatic amines is 1. The van der Waals surface area contributed by atoms with E-state index in [9.17, 15) is 4.79 Å². The molecule has 0 amide bonds. The fourth-order valence-corrected chi connectivity index (χ4v) is 2.13. The predicted molar refractivity (Wildman–Crippen MR) is 69.9 cm³/mol. The average molecular weight is 294 g/mol. The van der Waals surface area contributed by atoms with Gasteiger partial charge in [0.1, 0.15) is 5.69 Å². The molecule has 1 aromatic heterocycles. The summed E-state index contributed by atoms with van der Waals surface area (Å²) in [5.74, 6) is -0.338. The first-order chi connectivity index (χ1) is 8.22. The molecule has 0 saturated carbocycles. The summed E-state index contributed by atoms with van der Waals surface area (Å²) in [6.07, 6.45) is 0. The summed E-state index contributed by atoms with van der Waals surface area (Å²) in [5.41, 5.74) is 2.46. The second kappa shape index (κ2) is 5.19. The van der Waals surface area contributed by atoms with Gasteiger partial charge in [-0.3, -0.25) is 0 Å². The van der Waals surface area contributed by atoms with Crippen LogP contribution in [0.5, 0.6) is 0 Å². The van der Waals surface area contributed by atoms with E-state index in [0.717, 1.165) is 15.7 Å². The Bertz CT molecular complexity index is 519. The third kappa shape index (κ3) is 2.58. The summed E-state index contributed by atoms with van der Waals surface area (Å²) in [6.45, 7) is 2.16. The van der Waals surface area contributed by atoms with Crippen LogP contribution >= 0.6 is 15.9 Å². The fourth-order valence-electron chi connectivity index (χ4n) is 1.58. The number of carbonyl (C=O) groups excluding carboxylic acids is 1. The van der Waals surface area contributed by atoms with Crippen LogP contribution in [0.4, 0.5) is 0 Å². The standard InChI is InChI=1S/C13H12BrNO2/c1-2-17-13(16)11-8-10(12(14)15-11)9-6-4-3-5-7-9/h3-8,15H,2H2,1H3. The Morgan fingerprint density at radius 2 is 2.06 bits per heavy atom. The van der Waals surface area contributed by atoms with Crippen LogP contribution in [-0.4, -0.2) is 17.6 Å². The number of nitrogens with one attached hydrogen (secondary N) is 1. The molecule has 1 aromatic carbocycles. The molecule has 2 aromatic rings. The number of ether oxygens (including phenoxy) is 1. The van der Waals surface area contributed by atoms with Gasteiger partial charge in [-0.1, -0.05) is 30.3 Å². The molecule has 2 rings (SSSR count). The van der Waals surface area contributed by atoms with Gasteiger partial charge in [-0.2, -0.15) is 0 Å². The monoisotopic (exact) mass is 293 g/mol. The minimum absolute atomic E-state index is 0.338. The van der Waals surface area contributed by atoms with Gasteiger partial charge in [0.05, 0.1) is 11.2 Å². The van der Waals surface area contributed by atoms with Crippen molar-refractivity contribution < 1.29 is 9.53 Å². The molecule has 0 aliphatic heterocycles. The third-order valence-corrected chi connectivity index (χ3v) is 2.98. The molecule has 0 saturated heterocycles. The zero-order valence-corrected chi connectivity index (χ0v) is 11.0. The van der Waals surface area contributed by atoms with E-state index in [-0.39, 0.29) is 5.97 Å². The zero-order valence-electron chi connectivity index (χ0n) is 9.37. The predicted octanol–water partition coefficient (Wildman–Crippen LogP) is 3.62. The Morgan fingerprint density at radius 3 is 2.71 bits per heavy atom. The summed E-state index contributed by atoms with van der Waals surface area (Å²) in [7, 11) is 0. The van der Waals surface area contributed by atoms with Crippen LogP contribution in [0.3, 0.4) is 0 Å². The first-order valence-electron chi connectivity index (χ1n) is 5.33. The van der Waals surface area contributed by atoms with Crippen LogP contribution in [-0.2, 0) is 4.74 Å². The molecule has 0 unspecified atom stereocenters. The SMILES string of the molecule is CCOC(=O)c1cc(-c2ccccc2)c(Br)[nH]1. The van der Waals surface area contributed by atoms with Gasteiger partial charge in [-0.05, 0) is 34.5 Å². The van der Waals surface area contributed by atoms with Crippen LogP contribution < -0.4 is 0 Å². The molecule has 1 N–H and O–H groups in total. The lowest BCUT2D eigenvalue weighted by atomic mass is 10.1. The summed E-state index contributed by atoms with van der Waals surface area (Å²) in [4.78, 5) is 14.5. The van der Waals surface area contributed by atoms with E-state index in [1.807, 2.05) is 30.3 Å². The van der Waals surface area contributed by atoms with Gasteiger partial charge in [0.25, 0.3) is 0 Å². The number of hydrogen-bond donors (Lipinski definition) is 1. The van der Waals surface area contributed by atoms with E-state index in [0.29, 0.717) is 12.3 Å². The van der Waals surface area contributed by atoms with E-state index in [4.69, 9.17) is 4.74 Å². The second-order valence-electron chi connectivity index (χ2n) is 3.50. The zero-order chi connectivity index (χ0) is 12.3. The van der Waals surface area contributed by atoms with Gasteiger partial charge in [0.2, 0.25) is 0 Å². The molecule has 0 bridgehead atoms. The Morgan fingerprint density at radius 1 is 1.35 bits per heavy atom. The smallest absolute Gasteiger partial charge is 0.354 e. The highest BCUT2D eigenvalue weighted by molar-refractivity contribution is 9.10. The fraction of sp³-hybridized carbons (Fsp3) is 0.154. The number of rotatable bonds is 3. The molecular weight excluding hydrogens is 282 g/mol. The Kier molecular flexibility index (Phi) is 3.64. The van der Waals surface area contributed by atoms with Gasteiger partial charge in [0.15, 0.2) is 0 Å². The normalized spacial score (nSPS) is 10.2. The molecule has 17 heavy (non-hydrogen) atoms. The van der Waals surface area contributed by atoms with Crippen LogP contribution in [0, 0.1) is 0 Å². The number of hydrogen-bond acceptors (Lipinski definition) is 2. The lowest BCUT2D eigenvalue weighted by Gasteiger charge is -1.97. The van der Waals surface area contributed by atoms with Crippen molar-refractivity contribution in [2.24, 2.45) is 0 Å². The van der Waals surface area contributed by atoms with E-state index >= 15 is 0 Å². The minimum atomic E-state index is -0.338. The van der Waals surface area contributed by atoms with Crippen molar-refractivity contribution in [3.8, 4) is 11.1 Å². The third-order valence-electron chi connectivity index (χ3n) is 2.35. The highest BCUT2D eigenvalue weighted by Gasteiger charge is 2.13. The minimum Gasteiger partial charge on any atom is -0.461 e. The number of H-pyrrole nitrogens is 1. The Balaban J connectivity index is 2.35. The molecule has 0 atom stereocenters. The van der Waals surface area contributed by atoms with Gasteiger partial charge >= 0.3 is 5.97 Å². The Labute approximate surface area is 108 Å². The second-order valence-corrected chi connectivity index (χ2v) is 4.29. The number of halogens is 1. The highest BCUT2D eigenvalue weighted by Crippen LogP contribution is 2.28. The molecule has 0 spiro atoms. The molecule has 0 fully saturated rings. The molecular formula is C13H12BrNO2. The van der Waals surface area contributed by atoms with Crippen LogP contribution in [0.1, 0.15) is 17.4 Å². The van der Waals surface area contributed by atoms with Gasteiger partial charge in [-0.25, -0.2) is 4.79 Å². The van der Waals surface area contributed by atoms with E-state index in [2.05, 4.69) is 20.9 Å². The van der Waals surface area contributed by atoms with Gasteiger partial charge < -0.3 is 9.72 Å². The molecule has 0 radical (unpaired) electrons. The molecule has 88 valence electrons. The first kappa shape index (κ1) is 11.9. The van der Waals surface area contributed by atoms with Crippen molar-refractivity contribution >= 4 is 21.9 Å². The lowest BCUT2D eigenvalue weighted by Crippen LogP contribution is -2.04. The summed E-state index contributed by atoms with van der Waals surface area (Å²) < 4.78 is 5.73. The average Bonchev–Trinajstić information content (AvgIpc) is 2.73. The number of benzene rings is 1. The van der Waals surface area contributed by atoms with Crippen molar-refractivity contribution in [3.63, 3.8) is 0 Å². The molecule has 0 aliphatic carbocycles. The van der Waals surface area contributed by atoms with Crippen molar-refractivity contribution in [1.82, 2.24) is 4.98 Å². The maximum absolute atomic E-state index is 11.6. The van der Waals surface area contributed by atoms with Crippen molar-refractivity contribution in [1.29, 1.82) is 0 Å². The van der Waals surface area contributed by atoms with Crippen molar-refractivity contribution in [2.75, 3.05) is 6.61 Å². The first-order valence-corrected chi connectivity index (χ1v) is 6.12. The van der Waals surface area contributed by atoms with E-state index < -0.39 is 0 Å². The molecule has 3 nitrogen and oxygen atoms in total. The largest absolute Gasteiger partial charge is 0.461 e. The van der Waals surface area contributed by atoms with Crippen LogP contribution in [0.25, 0.3) is 11.1 Å². The van der Waals surface area contributed by atoms with Crippen molar-refractivity contribution in [3.05, 3.63) is 46.7 Å².